The molecular formula is C6H13O10P. The highest BCUT2D eigenvalue weighted by atomic mass is 31.2. The number of hydrogen-bond acceptors (Lipinski definition) is 8. The van der Waals surface area contributed by atoms with Gasteiger partial charge in [0.1, 0.15) is 24.4 Å². The summed E-state index contributed by atoms with van der Waals surface area (Å²) in [5, 5.41) is 45.0. The number of carbonyl (C=O) groups excluding carboxylic acids is 1. The molecule has 0 aliphatic heterocycles. The van der Waals surface area contributed by atoms with E-state index in [2.05, 4.69) is 4.52 Å². The molecule has 0 rings (SSSR count). The van der Waals surface area contributed by atoms with Crippen molar-refractivity contribution in [3.8, 4) is 0 Å². The van der Waals surface area contributed by atoms with Crippen LogP contribution in [0.5, 0.6) is 0 Å². The molecule has 0 bridgehead atoms. The zero-order chi connectivity index (χ0) is 13.8. The van der Waals surface area contributed by atoms with Gasteiger partial charge in [-0.05, 0) is 0 Å². The van der Waals surface area contributed by atoms with Gasteiger partial charge in [-0.2, -0.15) is 0 Å². The van der Waals surface area contributed by atoms with E-state index in [1.807, 2.05) is 0 Å². The number of hydrogen-bond donors (Lipinski definition) is 7. The van der Waals surface area contributed by atoms with E-state index in [9.17, 15) is 9.36 Å². The second-order valence-corrected chi connectivity index (χ2v) is 4.28. The Morgan fingerprint density at radius 2 is 1.41 bits per heavy atom. The predicted molar refractivity (Wildman–Crippen MR) is 49.2 cm³/mol. The third-order valence-corrected chi connectivity index (χ3v) is 2.22. The van der Waals surface area contributed by atoms with Crippen molar-refractivity contribution < 1.29 is 49.2 Å². The zero-order valence-corrected chi connectivity index (χ0v) is 9.16. The van der Waals surface area contributed by atoms with Crippen LogP contribution in [0.2, 0.25) is 0 Å². The smallest absolute Gasteiger partial charge is 0.387 e. The fourth-order valence-corrected chi connectivity index (χ4v) is 1.26. The van der Waals surface area contributed by atoms with Crippen molar-refractivity contribution in [2.24, 2.45) is 0 Å². The molecule has 0 saturated heterocycles. The monoisotopic (exact) mass is 276 g/mol. The van der Waals surface area contributed by atoms with Gasteiger partial charge >= 0.3 is 7.82 Å². The maximum absolute atomic E-state index is 10.3. The molecule has 0 spiro atoms. The molecule has 0 aromatic carbocycles. The van der Waals surface area contributed by atoms with Crippen LogP contribution in [0.25, 0.3) is 0 Å². The van der Waals surface area contributed by atoms with Gasteiger partial charge in [0.05, 0.1) is 0 Å². The average Bonchev–Trinajstić information content (AvgIpc) is 2.22. The Hall–Kier alpha value is -0.420. The van der Waals surface area contributed by atoms with Crippen molar-refractivity contribution in [3.63, 3.8) is 0 Å². The van der Waals surface area contributed by atoms with Crippen LogP contribution in [0.4, 0.5) is 0 Å². The Morgan fingerprint density at radius 1 is 0.941 bits per heavy atom. The number of carbonyl (C=O) groups is 1. The zero-order valence-electron chi connectivity index (χ0n) is 8.27. The third kappa shape index (κ3) is 5.64. The third-order valence-electron chi connectivity index (χ3n) is 1.73. The topological polar surface area (TPSA) is 185 Å². The minimum atomic E-state index is -5.11. The molecule has 5 atom stereocenters. The van der Waals surface area contributed by atoms with Crippen LogP contribution in [-0.2, 0) is 13.9 Å². The summed E-state index contributed by atoms with van der Waals surface area (Å²) in [5.41, 5.74) is 0. The van der Waals surface area contributed by atoms with Crippen LogP contribution in [-0.4, -0.2) is 72.3 Å². The Labute approximate surface area is 94.9 Å². The van der Waals surface area contributed by atoms with Crippen LogP contribution in [0.3, 0.4) is 0 Å². The SMILES string of the molecule is O=C[C@H](O)[C@H](O)[C@H](O)[C@@H](O)C(O)OP(=O)(O)O. The Kier molecular flexibility index (Phi) is 6.34. The Balaban J connectivity index is 4.53. The van der Waals surface area contributed by atoms with Gasteiger partial charge in [0.25, 0.3) is 0 Å². The summed E-state index contributed by atoms with van der Waals surface area (Å²) >= 11 is 0. The first-order valence-electron chi connectivity index (χ1n) is 4.19. The van der Waals surface area contributed by atoms with Gasteiger partial charge in [0, 0.05) is 0 Å². The van der Waals surface area contributed by atoms with E-state index < -0.39 is 38.5 Å². The highest BCUT2D eigenvalue weighted by molar-refractivity contribution is 7.46. The quantitative estimate of drug-likeness (QED) is 0.137. The molecule has 1 unspecified atom stereocenters. The van der Waals surface area contributed by atoms with Crippen molar-refractivity contribution in [3.05, 3.63) is 0 Å². The maximum Gasteiger partial charge on any atom is 0.472 e. The van der Waals surface area contributed by atoms with E-state index in [4.69, 9.17) is 35.3 Å². The van der Waals surface area contributed by atoms with Gasteiger partial charge < -0.3 is 40.1 Å². The van der Waals surface area contributed by atoms with Crippen molar-refractivity contribution in [1.82, 2.24) is 0 Å². The molecule has 17 heavy (non-hydrogen) atoms. The van der Waals surface area contributed by atoms with Gasteiger partial charge in [-0.15, -0.1) is 0 Å². The van der Waals surface area contributed by atoms with E-state index in [1.54, 1.807) is 0 Å². The molecule has 0 amide bonds. The normalized spacial score (nSPS) is 21.4. The highest BCUT2D eigenvalue weighted by Gasteiger charge is 2.37. The molecule has 10 nitrogen and oxygen atoms in total. The lowest BCUT2D eigenvalue weighted by Gasteiger charge is -2.27. The van der Waals surface area contributed by atoms with E-state index >= 15 is 0 Å². The van der Waals surface area contributed by atoms with E-state index in [0.29, 0.717) is 0 Å². The molecule has 11 heteroatoms. The predicted octanol–water partition coefficient (Wildman–Crippen LogP) is -3.94. The van der Waals surface area contributed by atoms with Gasteiger partial charge in [0.2, 0.25) is 0 Å². The number of aldehydes is 1. The first-order valence-corrected chi connectivity index (χ1v) is 5.72. The molecule has 0 aromatic rings. The molecular weight excluding hydrogens is 263 g/mol. The lowest BCUT2D eigenvalue weighted by atomic mass is 10.0. The molecule has 0 saturated carbocycles. The van der Waals surface area contributed by atoms with Crippen molar-refractivity contribution in [1.29, 1.82) is 0 Å². The van der Waals surface area contributed by atoms with Gasteiger partial charge in [-0.3, -0.25) is 4.52 Å². The van der Waals surface area contributed by atoms with Gasteiger partial charge in [-0.1, -0.05) is 0 Å². The van der Waals surface area contributed by atoms with Gasteiger partial charge in [0.15, 0.2) is 12.6 Å². The maximum atomic E-state index is 10.3. The molecule has 0 aliphatic carbocycles. The molecule has 102 valence electrons. The fraction of sp³-hybridized carbons (Fsp3) is 0.833. The van der Waals surface area contributed by atoms with Crippen molar-refractivity contribution in [2.75, 3.05) is 0 Å². The second-order valence-electron chi connectivity index (χ2n) is 3.09. The van der Waals surface area contributed by atoms with Crippen LogP contribution >= 0.6 is 7.82 Å². The number of phosphoric acid groups is 1. The lowest BCUT2D eigenvalue weighted by Crippen LogP contribution is -2.49. The standard InChI is InChI=1S/C6H13O10P/c7-1-2(8)3(9)4(10)5(11)6(12)16-17(13,14)15/h1-6,8-12H,(H2,13,14,15)/t2-,3-,4-,5+,6?/m0/s1. The average molecular weight is 276 g/mol. The molecule has 0 heterocycles. The number of aliphatic hydroxyl groups is 5. The van der Waals surface area contributed by atoms with Crippen LogP contribution in [0, 0.1) is 0 Å². The van der Waals surface area contributed by atoms with Crippen LogP contribution < -0.4 is 0 Å². The highest BCUT2D eigenvalue weighted by Crippen LogP contribution is 2.37. The summed E-state index contributed by atoms with van der Waals surface area (Å²) < 4.78 is 13.9. The Morgan fingerprint density at radius 3 is 1.76 bits per heavy atom. The van der Waals surface area contributed by atoms with E-state index in [1.165, 1.54) is 0 Å². The summed E-state index contributed by atoms with van der Waals surface area (Å²) in [7, 11) is -5.11. The lowest BCUT2D eigenvalue weighted by molar-refractivity contribution is -0.182. The van der Waals surface area contributed by atoms with Crippen LogP contribution in [0.15, 0.2) is 0 Å². The number of phosphoric ester groups is 1. The molecule has 0 aromatic heterocycles. The molecule has 7 N–H and O–H groups in total. The van der Waals surface area contributed by atoms with E-state index in [-0.39, 0.29) is 6.29 Å². The minimum Gasteiger partial charge on any atom is -0.387 e. The Bertz CT molecular complexity index is 289. The van der Waals surface area contributed by atoms with Gasteiger partial charge in [-0.25, -0.2) is 4.57 Å². The summed E-state index contributed by atoms with van der Waals surface area (Å²) in [6.45, 7) is 0. The molecule has 0 radical (unpaired) electrons. The summed E-state index contributed by atoms with van der Waals surface area (Å²) in [5.74, 6) is 0. The van der Waals surface area contributed by atoms with Crippen molar-refractivity contribution in [2.45, 2.75) is 30.7 Å². The summed E-state index contributed by atoms with van der Waals surface area (Å²) in [6.07, 6.45) is -11.4. The van der Waals surface area contributed by atoms with Crippen LogP contribution in [0.1, 0.15) is 0 Å². The number of aliphatic hydroxyl groups excluding tert-OH is 5. The second kappa shape index (κ2) is 6.50. The van der Waals surface area contributed by atoms with Crippen molar-refractivity contribution >= 4 is 14.1 Å². The first kappa shape index (κ1) is 16.6. The fourth-order valence-electron chi connectivity index (χ4n) is 0.856. The molecule has 0 aliphatic rings. The first-order chi connectivity index (χ1) is 7.60. The van der Waals surface area contributed by atoms with E-state index in [0.717, 1.165) is 0 Å². The molecule has 0 fully saturated rings. The summed E-state index contributed by atoms with van der Waals surface area (Å²) in [6, 6.07) is 0. The minimum absolute atomic E-state index is 0.142. The largest absolute Gasteiger partial charge is 0.472 e. The number of rotatable bonds is 7. The summed E-state index contributed by atoms with van der Waals surface area (Å²) in [4.78, 5) is 26.6.